The molecule has 1 N–H and O–H groups in total. The summed E-state index contributed by atoms with van der Waals surface area (Å²) in [6, 6.07) is 21.9. The number of methoxy groups -OCH3 is 1. The minimum absolute atomic E-state index is 0.128. The van der Waals surface area contributed by atoms with E-state index < -0.39 is 0 Å². The summed E-state index contributed by atoms with van der Waals surface area (Å²) in [5, 5.41) is 13.6. The van der Waals surface area contributed by atoms with Crippen molar-refractivity contribution in [1.29, 1.82) is 0 Å². The van der Waals surface area contributed by atoms with Gasteiger partial charge in [0.15, 0.2) is 5.82 Å². The van der Waals surface area contributed by atoms with Crippen molar-refractivity contribution in [3.63, 3.8) is 0 Å². The second-order valence-electron chi connectivity index (χ2n) is 9.68. The number of nitrogens with zero attached hydrogens (tertiary/aromatic N) is 5. The number of H-pyrrole nitrogens is 1. The van der Waals surface area contributed by atoms with Gasteiger partial charge in [-0.15, -0.1) is 5.10 Å². The number of ether oxygens (including phenoxy) is 1. The van der Waals surface area contributed by atoms with Gasteiger partial charge in [0.1, 0.15) is 11.6 Å². The van der Waals surface area contributed by atoms with Crippen LogP contribution in [0.25, 0.3) is 10.9 Å². The molecule has 9 heteroatoms. The van der Waals surface area contributed by atoms with Crippen LogP contribution >= 0.6 is 0 Å². The maximum atomic E-state index is 13.5. The van der Waals surface area contributed by atoms with Crippen LogP contribution in [0.4, 0.5) is 4.39 Å². The largest absolute Gasteiger partial charge is 0.496 e. The fraction of sp³-hybridized carbons (Fsp3) is 0.267. The van der Waals surface area contributed by atoms with Crippen LogP contribution in [-0.4, -0.2) is 37.2 Å². The zero-order valence-corrected chi connectivity index (χ0v) is 22.3. The van der Waals surface area contributed by atoms with Crippen molar-refractivity contribution in [3.8, 4) is 5.75 Å². The average molecular weight is 527 g/mol. The third-order valence-electron chi connectivity index (χ3n) is 6.95. The molecule has 2 aromatic heterocycles. The summed E-state index contributed by atoms with van der Waals surface area (Å²) in [7, 11) is 1.65. The zero-order valence-electron chi connectivity index (χ0n) is 22.3. The van der Waals surface area contributed by atoms with E-state index in [0.29, 0.717) is 37.4 Å². The molecule has 5 aromatic rings. The highest BCUT2D eigenvalue weighted by Gasteiger charge is 2.27. The van der Waals surface area contributed by atoms with Gasteiger partial charge in [0.25, 0.3) is 5.56 Å². The number of para-hydroxylation sites is 1. The first kappa shape index (κ1) is 26.2. The SMILES string of the molecule is CCC(c1nnnn1Cc1ccc(F)cc1)N(Cc1ccccc1OC)Cc1cc2cc(C)ccc2[nH]c1=O. The molecule has 0 saturated carbocycles. The second kappa shape index (κ2) is 11.6. The van der Waals surface area contributed by atoms with Gasteiger partial charge in [0.05, 0.1) is 19.7 Å². The minimum atomic E-state index is -0.291. The van der Waals surface area contributed by atoms with Gasteiger partial charge in [-0.2, -0.15) is 0 Å². The predicted molar refractivity (Wildman–Crippen MR) is 148 cm³/mol. The molecule has 200 valence electrons. The van der Waals surface area contributed by atoms with Crippen molar-refractivity contribution >= 4 is 10.9 Å². The summed E-state index contributed by atoms with van der Waals surface area (Å²) >= 11 is 0. The maximum Gasteiger partial charge on any atom is 0.252 e. The van der Waals surface area contributed by atoms with Crippen molar-refractivity contribution in [2.45, 2.75) is 45.9 Å². The molecule has 0 aliphatic carbocycles. The van der Waals surface area contributed by atoms with Gasteiger partial charge < -0.3 is 9.72 Å². The lowest BCUT2D eigenvalue weighted by atomic mass is 10.1. The van der Waals surface area contributed by atoms with Gasteiger partial charge in [-0.05, 0) is 71.1 Å². The first-order valence-corrected chi connectivity index (χ1v) is 12.9. The number of nitrogens with one attached hydrogen (secondary N) is 1. The minimum Gasteiger partial charge on any atom is -0.496 e. The Morgan fingerprint density at radius 1 is 1.03 bits per heavy atom. The molecule has 8 nitrogen and oxygen atoms in total. The number of hydrogen-bond donors (Lipinski definition) is 1. The number of rotatable bonds is 10. The van der Waals surface area contributed by atoms with Crippen LogP contribution in [0, 0.1) is 12.7 Å². The normalized spacial score (nSPS) is 12.2. The molecular weight excluding hydrogens is 495 g/mol. The van der Waals surface area contributed by atoms with Gasteiger partial charge in [-0.25, -0.2) is 9.07 Å². The van der Waals surface area contributed by atoms with E-state index >= 15 is 0 Å². The number of aryl methyl sites for hydroxylation is 1. The van der Waals surface area contributed by atoms with E-state index in [-0.39, 0.29) is 17.4 Å². The highest BCUT2D eigenvalue weighted by atomic mass is 19.1. The van der Waals surface area contributed by atoms with Crippen molar-refractivity contribution in [2.24, 2.45) is 0 Å². The fourth-order valence-electron chi connectivity index (χ4n) is 4.97. The lowest BCUT2D eigenvalue weighted by molar-refractivity contribution is 0.159. The number of halogens is 1. The predicted octanol–water partition coefficient (Wildman–Crippen LogP) is 5.17. The molecule has 1 unspecified atom stereocenters. The molecule has 2 heterocycles. The first-order valence-electron chi connectivity index (χ1n) is 12.9. The molecule has 0 aliphatic rings. The van der Waals surface area contributed by atoms with Crippen molar-refractivity contribution in [2.75, 3.05) is 7.11 Å². The van der Waals surface area contributed by atoms with Crippen LogP contribution in [0.2, 0.25) is 0 Å². The van der Waals surface area contributed by atoms with Crippen LogP contribution in [0.1, 0.15) is 47.5 Å². The molecule has 0 amide bonds. The molecule has 0 bridgehead atoms. The number of pyridine rings is 1. The number of tetrazole rings is 1. The monoisotopic (exact) mass is 526 g/mol. The quantitative estimate of drug-likeness (QED) is 0.270. The summed E-state index contributed by atoms with van der Waals surface area (Å²) in [6.07, 6.45) is 0.698. The van der Waals surface area contributed by atoms with E-state index in [0.717, 1.165) is 33.3 Å². The maximum absolute atomic E-state index is 13.5. The summed E-state index contributed by atoms with van der Waals surface area (Å²) in [6.45, 7) is 5.39. The van der Waals surface area contributed by atoms with Gasteiger partial charge in [0, 0.05) is 29.7 Å². The van der Waals surface area contributed by atoms with Crippen LogP contribution < -0.4 is 10.3 Å². The van der Waals surface area contributed by atoms with E-state index in [4.69, 9.17) is 4.74 Å². The molecule has 5 rings (SSSR count). The number of hydrogen-bond acceptors (Lipinski definition) is 6. The first-order chi connectivity index (χ1) is 18.9. The van der Waals surface area contributed by atoms with Gasteiger partial charge in [0.2, 0.25) is 0 Å². The van der Waals surface area contributed by atoms with Crippen LogP contribution in [0.15, 0.2) is 77.6 Å². The topological polar surface area (TPSA) is 88.9 Å². The molecule has 39 heavy (non-hydrogen) atoms. The Morgan fingerprint density at radius 3 is 2.56 bits per heavy atom. The highest BCUT2D eigenvalue weighted by molar-refractivity contribution is 5.79. The Kier molecular flexibility index (Phi) is 7.79. The van der Waals surface area contributed by atoms with Crippen molar-refractivity contribution in [1.82, 2.24) is 30.1 Å². The smallest absolute Gasteiger partial charge is 0.252 e. The van der Waals surface area contributed by atoms with E-state index in [1.54, 1.807) is 23.9 Å². The van der Waals surface area contributed by atoms with Gasteiger partial charge >= 0.3 is 0 Å². The average Bonchev–Trinajstić information content (AvgIpc) is 3.39. The number of benzene rings is 3. The third kappa shape index (κ3) is 5.88. The molecular formula is C30H31FN6O2. The van der Waals surface area contributed by atoms with Crippen LogP contribution in [0.5, 0.6) is 5.75 Å². The molecule has 0 spiro atoms. The molecule has 3 aromatic carbocycles. The van der Waals surface area contributed by atoms with E-state index in [9.17, 15) is 9.18 Å². The molecule has 1 atom stereocenters. The van der Waals surface area contributed by atoms with Gasteiger partial charge in [-0.1, -0.05) is 48.9 Å². The fourth-order valence-corrected chi connectivity index (χ4v) is 4.97. The highest BCUT2D eigenvalue weighted by Crippen LogP contribution is 2.29. The van der Waals surface area contributed by atoms with Crippen molar-refractivity contribution < 1.29 is 9.13 Å². The molecule has 0 fully saturated rings. The summed E-state index contributed by atoms with van der Waals surface area (Å²) in [5.74, 6) is 1.15. The number of aromatic nitrogens is 5. The van der Waals surface area contributed by atoms with Crippen molar-refractivity contribution in [3.05, 3.63) is 117 Å². The second-order valence-corrected chi connectivity index (χ2v) is 9.68. The van der Waals surface area contributed by atoms with Gasteiger partial charge in [-0.3, -0.25) is 9.69 Å². The number of fused-ring (bicyclic) bond motifs is 1. The molecule has 0 aliphatic heterocycles. The lowest BCUT2D eigenvalue weighted by Crippen LogP contribution is -2.32. The third-order valence-corrected chi connectivity index (χ3v) is 6.95. The van der Waals surface area contributed by atoms with E-state index in [1.807, 2.05) is 49.4 Å². The Bertz CT molecular complexity index is 1630. The Hall–Kier alpha value is -4.37. The molecule has 0 radical (unpaired) electrons. The Labute approximate surface area is 226 Å². The summed E-state index contributed by atoms with van der Waals surface area (Å²) in [4.78, 5) is 18.4. The Balaban J connectivity index is 1.54. The van der Waals surface area contributed by atoms with Crippen LogP contribution in [0.3, 0.4) is 0 Å². The number of aromatic amines is 1. The summed E-state index contributed by atoms with van der Waals surface area (Å²) in [5.41, 5.74) is 4.33. The molecule has 0 saturated heterocycles. The van der Waals surface area contributed by atoms with E-state index in [1.165, 1.54) is 12.1 Å². The summed E-state index contributed by atoms with van der Waals surface area (Å²) < 4.78 is 20.8. The Morgan fingerprint density at radius 2 is 1.79 bits per heavy atom. The lowest BCUT2D eigenvalue weighted by Gasteiger charge is -2.30. The standard InChI is InChI=1S/C30H31FN6O2/c1-4-27(29-33-34-35-37(29)17-21-10-12-25(31)13-11-21)36(18-22-7-5-6-8-28(22)39-3)19-24-16-23-15-20(2)9-14-26(23)32-30(24)38/h5-16,27H,4,17-19H2,1-3H3,(H,32,38). The zero-order chi connectivity index (χ0) is 27.4. The van der Waals surface area contributed by atoms with E-state index in [2.05, 4.69) is 38.4 Å². The van der Waals surface area contributed by atoms with Crippen LogP contribution in [-0.2, 0) is 19.6 Å².